The van der Waals surface area contributed by atoms with E-state index in [-0.39, 0.29) is 48.3 Å². The molecule has 0 radical (unpaired) electrons. The number of hydrogen-bond donors (Lipinski definition) is 1. The van der Waals surface area contributed by atoms with Crippen molar-refractivity contribution in [2.45, 2.75) is 4.90 Å². The van der Waals surface area contributed by atoms with Crippen LogP contribution in [0.25, 0.3) is 0 Å². The average molecular weight is 401 g/mol. The highest BCUT2D eigenvalue weighted by molar-refractivity contribution is 7.89. The zero-order valence-electron chi connectivity index (χ0n) is 13.7. The number of esters is 1. The number of carbonyl (C=O) groups is 2. The Morgan fingerprint density at radius 3 is 2.69 bits per heavy atom. The van der Waals surface area contributed by atoms with E-state index in [1.165, 1.54) is 16.4 Å². The molecular formula is C16H17ClN2O6S. The van der Waals surface area contributed by atoms with Crippen LogP contribution in [0.1, 0.15) is 10.4 Å². The fraction of sp³-hybridized carbons (Fsp3) is 0.375. The van der Waals surface area contributed by atoms with Crippen LogP contribution in [0.5, 0.6) is 0 Å². The summed E-state index contributed by atoms with van der Waals surface area (Å²) in [6.45, 7) is 0.441. The minimum Gasteiger partial charge on any atom is -0.452 e. The molecule has 0 aromatic heterocycles. The molecule has 140 valence electrons. The summed E-state index contributed by atoms with van der Waals surface area (Å²) in [7, 11) is -3.88. The standard InChI is InChI=1S/C16H17ClN2O6S/c1-2-5-18-15(20)11-25-16(21)12-3-4-13(17)14(10-12)26(22,23)19-6-8-24-9-7-19/h1,3-4,10H,5-9,11H2,(H,18,20). The summed E-state index contributed by atoms with van der Waals surface area (Å²) < 4.78 is 36.7. The molecule has 26 heavy (non-hydrogen) atoms. The van der Waals surface area contributed by atoms with E-state index in [9.17, 15) is 18.0 Å². The first-order valence-electron chi connectivity index (χ1n) is 7.61. The lowest BCUT2D eigenvalue weighted by molar-refractivity contribution is -0.123. The van der Waals surface area contributed by atoms with Crippen LogP contribution in [0.15, 0.2) is 23.1 Å². The van der Waals surface area contributed by atoms with Crippen LogP contribution in [0, 0.1) is 12.3 Å². The van der Waals surface area contributed by atoms with Crippen molar-refractivity contribution in [1.29, 1.82) is 0 Å². The van der Waals surface area contributed by atoms with Crippen molar-refractivity contribution in [2.24, 2.45) is 0 Å². The quantitative estimate of drug-likeness (QED) is 0.543. The maximum atomic E-state index is 12.7. The van der Waals surface area contributed by atoms with E-state index in [2.05, 4.69) is 11.2 Å². The summed E-state index contributed by atoms with van der Waals surface area (Å²) in [6, 6.07) is 3.75. The number of hydrogen-bond acceptors (Lipinski definition) is 6. The zero-order valence-corrected chi connectivity index (χ0v) is 15.3. The molecule has 1 amide bonds. The van der Waals surface area contributed by atoms with Crippen molar-refractivity contribution in [3.8, 4) is 12.3 Å². The number of benzene rings is 1. The monoisotopic (exact) mass is 400 g/mol. The predicted molar refractivity (Wildman–Crippen MR) is 93.2 cm³/mol. The third kappa shape index (κ3) is 4.95. The topological polar surface area (TPSA) is 102 Å². The van der Waals surface area contributed by atoms with Crippen LogP contribution in [0.2, 0.25) is 5.02 Å². The first-order valence-corrected chi connectivity index (χ1v) is 9.43. The molecule has 1 aliphatic rings. The first-order chi connectivity index (χ1) is 12.4. The highest BCUT2D eigenvalue weighted by Gasteiger charge is 2.29. The zero-order chi connectivity index (χ0) is 19.2. The number of sulfonamides is 1. The van der Waals surface area contributed by atoms with Gasteiger partial charge in [-0.1, -0.05) is 17.5 Å². The van der Waals surface area contributed by atoms with Crippen LogP contribution in [0.3, 0.4) is 0 Å². The average Bonchev–Trinajstić information content (AvgIpc) is 2.65. The molecule has 8 nitrogen and oxygen atoms in total. The molecule has 10 heteroatoms. The van der Waals surface area contributed by atoms with Gasteiger partial charge in [0, 0.05) is 13.1 Å². The SMILES string of the molecule is C#CCNC(=O)COC(=O)c1ccc(Cl)c(S(=O)(=O)N2CCOCC2)c1. The van der Waals surface area contributed by atoms with Gasteiger partial charge in [0.25, 0.3) is 5.91 Å². The molecular weight excluding hydrogens is 384 g/mol. The molecule has 1 saturated heterocycles. The van der Waals surface area contributed by atoms with Crippen molar-refractivity contribution < 1.29 is 27.5 Å². The highest BCUT2D eigenvalue weighted by atomic mass is 35.5. The maximum absolute atomic E-state index is 12.7. The molecule has 1 aliphatic heterocycles. The Labute approximate surface area is 156 Å². The Balaban J connectivity index is 2.15. The van der Waals surface area contributed by atoms with Gasteiger partial charge in [-0.25, -0.2) is 13.2 Å². The van der Waals surface area contributed by atoms with E-state index >= 15 is 0 Å². The molecule has 1 aromatic carbocycles. The fourth-order valence-corrected chi connectivity index (χ4v) is 4.08. The van der Waals surface area contributed by atoms with Crippen molar-refractivity contribution in [3.63, 3.8) is 0 Å². The number of halogens is 1. The normalized spacial score (nSPS) is 15.1. The lowest BCUT2D eigenvalue weighted by atomic mass is 10.2. The summed E-state index contributed by atoms with van der Waals surface area (Å²) in [6.07, 6.45) is 5.00. The van der Waals surface area contributed by atoms with Crippen molar-refractivity contribution in [2.75, 3.05) is 39.5 Å². The first kappa shape index (κ1) is 20.2. The van der Waals surface area contributed by atoms with Gasteiger partial charge >= 0.3 is 5.97 Å². The molecule has 0 aliphatic carbocycles. The molecule has 2 rings (SSSR count). The third-order valence-electron chi connectivity index (χ3n) is 3.48. The van der Waals surface area contributed by atoms with Gasteiger partial charge in [-0.05, 0) is 18.2 Å². The van der Waals surface area contributed by atoms with Crippen molar-refractivity contribution in [1.82, 2.24) is 9.62 Å². The van der Waals surface area contributed by atoms with Crippen molar-refractivity contribution in [3.05, 3.63) is 28.8 Å². The minimum absolute atomic E-state index is 0.0132. The van der Waals surface area contributed by atoms with Gasteiger partial charge in [-0.3, -0.25) is 4.79 Å². The minimum atomic E-state index is -3.88. The van der Waals surface area contributed by atoms with E-state index in [0.29, 0.717) is 0 Å². The van der Waals surface area contributed by atoms with Gasteiger partial charge in [0.1, 0.15) is 4.90 Å². The summed E-state index contributed by atoms with van der Waals surface area (Å²) in [5.74, 6) is 0.798. The van der Waals surface area contributed by atoms with Crippen LogP contribution in [-0.4, -0.2) is 64.1 Å². The second-order valence-electron chi connectivity index (χ2n) is 5.22. The van der Waals surface area contributed by atoms with Crippen molar-refractivity contribution >= 4 is 33.5 Å². The number of carbonyl (C=O) groups excluding carboxylic acids is 2. The number of rotatable bonds is 6. The fourth-order valence-electron chi connectivity index (χ4n) is 2.17. The number of amides is 1. The summed E-state index contributed by atoms with van der Waals surface area (Å²) >= 11 is 6.02. The predicted octanol–water partition coefficient (Wildman–Crippen LogP) is 0.267. The van der Waals surface area contributed by atoms with Gasteiger partial charge in [0.2, 0.25) is 10.0 Å². The number of ether oxygens (including phenoxy) is 2. The third-order valence-corrected chi connectivity index (χ3v) is 5.86. The van der Waals surface area contributed by atoms with Gasteiger partial charge in [-0.15, -0.1) is 6.42 Å². The van der Waals surface area contributed by atoms with Gasteiger partial charge in [-0.2, -0.15) is 4.31 Å². The van der Waals surface area contributed by atoms with E-state index in [4.69, 9.17) is 27.5 Å². The van der Waals surface area contributed by atoms with E-state index < -0.39 is 28.5 Å². The summed E-state index contributed by atoms with van der Waals surface area (Å²) in [4.78, 5) is 23.3. The van der Waals surface area contributed by atoms with Gasteiger partial charge < -0.3 is 14.8 Å². The number of morpholine rings is 1. The summed E-state index contributed by atoms with van der Waals surface area (Å²) in [5.41, 5.74) is -0.0361. The molecule has 0 unspecified atom stereocenters. The molecule has 0 saturated carbocycles. The lowest BCUT2D eigenvalue weighted by Gasteiger charge is -2.26. The Morgan fingerprint density at radius 1 is 1.35 bits per heavy atom. The smallest absolute Gasteiger partial charge is 0.338 e. The van der Waals surface area contributed by atoms with E-state index in [1.807, 2.05) is 0 Å². The molecule has 0 bridgehead atoms. The van der Waals surface area contributed by atoms with E-state index in [1.54, 1.807) is 0 Å². The molecule has 0 spiro atoms. The van der Waals surface area contributed by atoms with E-state index in [0.717, 1.165) is 6.07 Å². The van der Waals surface area contributed by atoms with Crippen LogP contribution in [-0.2, 0) is 24.3 Å². The Bertz CT molecular complexity index is 828. The maximum Gasteiger partial charge on any atom is 0.338 e. The second kappa shape index (κ2) is 9.00. The van der Waals surface area contributed by atoms with Crippen LogP contribution in [0.4, 0.5) is 0 Å². The van der Waals surface area contributed by atoms with Gasteiger partial charge in [0.05, 0.1) is 30.3 Å². The Morgan fingerprint density at radius 2 is 2.04 bits per heavy atom. The van der Waals surface area contributed by atoms with Crippen LogP contribution < -0.4 is 5.32 Å². The number of nitrogens with zero attached hydrogens (tertiary/aromatic N) is 1. The Hall–Kier alpha value is -2.12. The second-order valence-corrected chi connectivity index (χ2v) is 7.53. The lowest BCUT2D eigenvalue weighted by Crippen LogP contribution is -2.40. The van der Waals surface area contributed by atoms with Gasteiger partial charge in [0.15, 0.2) is 6.61 Å². The number of terminal acetylenes is 1. The molecule has 1 aromatic rings. The number of nitrogens with one attached hydrogen (secondary N) is 1. The molecule has 1 N–H and O–H groups in total. The molecule has 1 heterocycles. The molecule has 0 atom stereocenters. The largest absolute Gasteiger partial charge is 0.452 e. The van der Waals surface area contributed by atoms with Crippen LogP contribution >= 0.6 is 11.6 Å². The Kier molecular flexibility index (Phi) is 6.99. The highest BCUT2D eigenvalue weighted by Crippen LogP contribution is 2.26. The summed E-state index contributed by atoms with van der Waals surface area (Å²) in [5, 5.41) is 2.33. The molecule has 1 fully saturated rings.